The van der Waals surface area contributed by atoms with E-state index in [4.69, 9.17) is 21.1 Å². The number of rotatable bonds is 10. The summed E-state index contributed by atoms with van der Waals surface area (Å²) in [5.41, 5.74) is 1.29. The monoisotopic (exact) mass is 521 g/mol. The number of para-hydroxylation sites is 1. The lowest BCUT2D eigenvalue weighted by Gasteiger charge is -2.18. The summed E-state index contributed by atoms with van der Waals surface area (Å²) < 4.78 is 47.4. The number of carbonyl (C=O) groups excluding carboxylic acids is 2. The molecule has 0 fully saturated rings. The van der Waals surface area contributed by atoms with Crippen LogP contribution >= 0.6 is 11.6 Å². The Kier molecular flexibility index (Phi) is 9.00. The van der Waals surface area contributed by atoms with Crippen LogP contribution in [0.4, 0.5) is 13.2 Å². The van der Waals surface area contributed by atoms with Gasteiger partial charge in [0.15, 0.2) is 11.5 Å². The number of hydrogen-bond donors (Lipinski definition) is 1. The smallest absolute Gasteiger partial charge is 0.392 e. The van der Waals surface area contributed by atoms with Crippen molar-refractivity contribution in [3.8, 4) is 11.6 Å². The summed E-state index contributed by atoms with van der Waals surface area (Å²) in [6, 6.07) is 11.2. The maximum Gasteiger partial charge on any atom is 0.392 e. The fraction of sp³-hybridized carbons (Fsp3) is 0.280. The third-order valence-electron chi connectivity index (χ3n) is 5.12. The van der Waals surface area contributed by atoms with Crippen LogP contribution in [0, 0.1) is 0 Å². The van der Waals surface area contributed by atoms with Crippen molar-refractivity contribution < 1.29 is 32.2 Å². The van der Waals surface area contributed by atoms with E-state index in [2.05, 4.69) is 15.3 Å². The number of ketones is 1. The minimum atomic E-state index is -4.34. The second-order valence-corrected chi connectivity index (χ2v) is 8.22. The number of esters is 1. The number of pyridine rings is 2. The van der Waals surface area contributed by atoms with Gasteiger partial charge in [-0.3, -0.25) is 4.79 Å². The van der Waals surface area contributed by atoms with Gasteiger partial charge in [0.1, 0.15) is 10.8 Å². The van der Waals surface area contributed by atoms with Gasteiger partial charge in [-0.05, 0) is 43.7 Å². The van der Waals surface area contributed by atoms with E-state index in [1.807, 2.05) is 0 Å². The fourth-order valence-corrected chi connectivity index (χ4v) is 3.47. The molecule has 2 heterocycles. The first-order valence-electron chi connectivity index (χ1n) is 10.9. The Morgan fingerprint density at radius 2 is 1.86 bits per heavy atom. The van der Waals surface area contributed by atoms with Crippen molar-refractivity contribution in [2.24, 2.45) is 0 Å². The third-order valence-corrected chi connectivity index (χ3v) is 5.39. The van der Waals surface area contributed by atoms with Crippen molar-refractivity contribution >= 4 is 23.4 Å². The molecule has 7 nitrogen and oxygen atoms in total. The number of nitrogens with one attached hydrogen (secondary N) is 1. The molecule has 1 N–H and O–H groups in total. The van der Waals surface area contributed by atoms with Crippen LogP contribution in [-0.2, 0) is 6.54 Å². The minimum Gasteiger partial charge on any atom is -0.476 e. The first-order valence-corrected chi connectivity index (χ1v) is 11.3. The van der Waals surface area contributed by atoms with Crippen molar-refractivity contribution in [1.29, 1.82) is 0 Å². The van der Waals surface area contributed by atoms with E-state index in [-0.39, 0.29) is 35.0 Å². The summed E-state index contributed by atoms with van der Waals surface area (Å²) in [6.45, 7) is 2.67. The largest absolute Gasteiger partial charge is 0.476 e. The number of aromatic nitrogens is 2. The zero-order valence-corrected chi connectivity index (χ0v) is 20.2. The van der Waals surface area contributed by atoms with E-state index in [9.17, 15) is 22.8 Å². The predicted molar refractivity (Wildman–Crippen MR) is 126 cm³/mol. The van der Waals surface area contributed by atoms with Crippen LogP contribution in [0.3, 0.4) is 0 Å². The molecule has 0 saturated heterocycles. The number of ether oxygens (including phenoxy) is 2. The first-order chi connectivity index (χ1) is 17.0. The predicted octanol–water partition coefficient (Wildman–Crippen LogP) is 5.73. The van der Waals surface area contributed by atoms with Crippen LogP contribution in [0.2, 0.25) is 5.02 Å². The van der Waals surface area contributed by atoms with Gasteiger partial charge in [0.05, 0.1) is 13.0 Å². The summed E-state index contributed by atoms with van der Waals surface area (Å²) in [7, 11) is 0. The van der Waals surface area contributed by atoms with E-state index in [0.717, 1.165) is 0 Å². The van der Waals surface area contributed by atoms with Gasteiger partial charge in [0.2, 0.25) is 5.88 Å². The summed E-state index contributed by atoms with van der Waals surface area (Å²) in [5, 5.41) is 3.25. The maximum atomic E-state index is 12.8. The number of alkyl halides is 3. The molecular formula is C25H23ClF3N3O4. The van der Waals surface area contributed by atoms with Crippen LogP contribution in [0.25, 0.3) is 0 Å². The van der Waals surface area contributed by atoms with Gasteiger partial charge in [-0.1, -0.05) is 29.8 Å². The van der Waals surface area contributed by atoms with Crippen LogP contribution in [0.1, 0.15) is 58.3 Å². The normalized spacial score (nSPS) is 12.2. The Morgan fingerprint density at radius 1 is 1.14 bits per heavy atom. The Labute approximate surface area is 210 Å². The topological polar surface area (TPSA) is 90.4 Å². The summed E-state index contributed by atoms with van der Waals surface area (Å²) >= 11 is 6.14. The van der Waals surface area contributed by atoms with Gasteiger partial charge in [0, 0.05) is 36.1 Å². The molecule has 11 heteroatoms. The molecule has 0 aliphatic rings. The maximum absolute atomic E-state index is 12.8. The van der Waals surface area contributed by atoms with E-state index in [0.29, 0.717) is 22.4 Å². The van der Waals surface area contributed by atoms with Gasteiger partial charge in [0.25, 0.3) is 0 Å². The second-order valence-electron chi connectivity index (χ2n) is 7.82. The van der Waals surface area contributed by atoms with E-state index in [1.165, 1.54) is 31.5 Å². The lowest BCUT2D eigenvalue weighted by Crippen LogP contribution is -2.24. The standard InChI is InChI=1S/C25H23ClF3N3O4/c1-15(17-12-21(26)23(32-13-17)35-11-9-25(27,28)29)31-14-20-19(16(2)33)8-10-30-22(20)24(34)36-18-6-4-3-5-7-18/h3-8,10,12-13,15,31H,9,11,14H2,1-2H3. The highest BCUT2D eigenvalue weighted by Gasteiger charge is 2.27. The van der Waals surface area contributed by atoms with E-state index in [1.54, 1.807) is 37.3 Å². The van der Waals surface area contributed by atoms with Gasteiger partial charge in [-0.15, -0.1) is 0 Å². The average Bonchev–Trinajstić information content (AvgIpc) is 2.83. The minimum absolute atomic E-state index is 0.00387. The fourth-order valence-electron chi connectivity index (χ4n) is 3.24. The highest BCUT2D eigenvalue weighted by molar-refractivity contribution is 6.31. The van der Waals surface area contributed by atoms with E-state index < -0.39 is 25.2 Å². The van der Waals surface area contributed by atoms with Crippen LogP contribution in [0.15, 0.2) is 54.9 Å². The van der Waals surface area contributed by atoms with Gasteiger partial charge < -0.3 is 14.8 Å². The van der Waals surface area contributed by atoms with Crippen molar-refractivity contribution in [2.75, 3.05) is 6.61 Å². The molecule has 0 aliphatic carbocycles. The summed E-state index contributed by atoms with van der Waals surface area (Å²) in [6.07, 6.45) is -2.68. The molecule has 0 amide bonds. The molecule has 1 unspecified atom stereocenters. The molecule has 2 aromatic heterocycles. The highest BCUT2D eigenvalue weighted by Crippen LogP contribution is 2.27. The Morgan fingerprint density at radius 3 is 2.50 bits per heavy atom. The molecule has 0 saturated carbocycles. The van der Waals surface area contributed by atoms with Crippen molar-refractivity contribution in [2.45, 2.75) is 39.0 Å². The molecule has 1 atom stereocenters. The number of halogens is 4. The molecule has 0 spiro atoms. The lowest BCUT2D eigenvalue weighted by atomic mass is 10.0. The quantitative estimate of drug-likeness (QED) is 0.207. The zero-order valence-electron chi connectivity index (χ0n) is 19.4. The third kappa shape index (κ3) is 7.50. The Balaban J connectivity index is 1.74. The van der Waals surface area contributed by atoms with Crippen LogP contribution < -0.4 is 14.8 Å². The van der Waals surface area contributed by atoms with Crippen molar-refractivity contribution in [1.82, 2.24) is 15.3 Å². The average molecular weight is 522 g/mol. The van der Waals surface area contributed by atoms with Gasteiger partial charge >= 0.3 is 12.1 Å². The molecule has 3 aromatic rings. The Hall–Kier alpha value is -3.50. The van der Waals surface area contributed by atoms with Gasteiger partial charge in [-0.2, -0.15) is 13.2 Å². The number of nitrogens with zero attached hydrogens (tertiary/aromatic N) is 2. The molecule has 0 bridgehead atoms. The van der Waals surface area contributed by atoms with Crippen molar-refractivity contribution in [3.05, 3.63) is 82.3 Å². The molecule has 0 aliphatic heterocycles. The number of benzene rings is 1. The van der Waals surface area contributed by atoms with E-state index >= 15 is 0 Å². The van der Waals surface area contributed by atoms with Gasteiger partial charge in [-0.25, -0.2) is 14.8 Å². The molecule has 3 rings (SSSR count). The molecule has 0 radical (unpaired) electrons. The summed E-state index contributed by atoms with van der Waals surface area (Å²) in [5.74, 6) is -0.725. The summed E-state index contributed by atoms with van der Waals surface area (Å²) in [4.78, 5) is 33.2. The first kappa shape index (κ1) is 27.1. The Bertz CT molecular complexity index is 1220. The molecule has 190 valence electrons. The number of carbonyl (C=O) groups is 2. The highest BCUT2D eigenvalue weighted by atomic mass is 35.5. The number of hydrogen-bond acceptors (Lipinski definition) is 7. The number of Topliss-reactive ketones (excluding diaryl/α,β-unsaturated/α-hetero) is 1. The van der Waals surface area contributed by atoms with Crippen LogP contribution in [0.5, 0.6) is 11.6 Å². The van der Waals surface area contributed by atoms with Crippen LogP contribution in [-0.4, -0.2) is 34.5 Å². The molecular weight excluding hydrogens is 499 g/mol. The SMILES string of the molecule is CC(=O)c1ccnc(C(=O)Oc2ccccc2)c1CNC(C)c1cnc(OCCC(F)(F)F)c(Cl)c1. The molecule has 36 heavy (non-hydrogen) atoms. The zero-order chi connectivity index (χ0) is 26.3. The lowest BCUT2D eigenvalue weighted by molar-refractivity contribution is -0.139. The van der Waals surface area contributed by atoms with Crippen molar-refractivity contribution in [3.63, 3.8) is 0 Å². The second kappa shape index (κ2) is 12.0. The molecule has 1 aromatic carbocycles.